The lowest BCUT2D eigenvalue weighted by atomic mass is 9.77. The zero-order valence-electron chi connectivity index (χ0n) is 19.3. The van der Waals surface area contributed by atoms with Gasteiger partial charge in [0.15, 0.2) is 0 Å². The summed E-state index contributed by atoms with van der Waals surface area (Å²) in [5.74, 6) is 1.59. The average Bonchev–Trinajstić information content (AvgIpc) is 3.16. The fourth-order valence-electron chi connectivity index (χ4n) is 5.10. The highest BCUT2D eigenvalue weighted by molar-refractivity contribution is 5.97. The largest absolute Gasteiger partial charge is 0.507 e. The summed E-state index contributed by atoms with van der Waals surface area (Å²) in [4.78, 5) is 23.7. The Morgan fingerprint density at radius 2 is 1.81 bits per heavy atom. The molecule has 2 aromatic rings. The Morgan fingerprint density at radius 1 is 1.09 bits per heavy atom. The molecule has 172 valence electrons. The van der Waals surface area contributed by atoms with Crippen molar-refractivity contribution in [2.45, 2.75) is 64.5 Å². The summed E-state index contributed by atoms with van der Waals surface area (Å²) < 4.78 is 0. The molecule has 4 rings (SSSR count). The number of fused-ring (bicyclic) bond motifs is 1. The minimum Gasteiger partial charge on any atom is -0.507 e. The number of phenolic OH excluding ortho intramolecular Hbond substituents is 1. The molecule has 0 bridgehead atoms. The van der Waals surface area contributed by atoms with Crippen LogP contribution in [0.5, 0.6) is 5.75 Å². The first-order valence-corrected chi connectivity index (χ1v) is 11.6. The van der Waals surface area contributed by atoms with Gasteiger partial charge in [0.1, 0.15) is 11.6 Å². The Bertz CT molecular complexity index is 963. The second-order valence-corrected chi connectivity index (χ2v) is 9.93. The summed E-state index contributed by atoms with van der Waals surface area (Å²) in [6, 6.07) is 3.75. The number of phenols is 1. The number of aromatic nitrogens is 2. The van der Waals surface area contributed by atoms with Crippen LogP contribution in [0, 0.1) is 11.8 Å². The fourth-order valence-corrected chi connectivity index (χ4v) is 5.10. The molecule has 2 heterocycles. The van der Waals surface area contributed by atoms with Crippen LogP contribution in [0.25, 0.3) is 0 Å². The number of aromatic hydroxyl groups is 1. The summed E-state index contributed by atoms with van der Waals surface area (Å²) in [5, 5.41) is 24.9. The number of anilines is 1. The number of hydrogen-bond acceptors (Lipinski definition) is 6. The molecule has 1 saturated heterocycles. The van der Waals surface area contributed by atoms with E-state index in [9.17, 15) is 15.0 Å². The first-order chi connectivity index (χ1) is 15.2. The Balaban J connectivity index is 1.52. The Kier molecular flexibility index (Phi) is 6.38. The lowest BCUT2D eigenvalue weighted by Gasteiger charge is -2.35. The quantitative estimate of drug-likeness (QED) is 0.658. The molecule has 1 aromatic heterocycles. The van der Waals surface area contributed by atoms with Crippen molar-refractivity contribution in [2.75, 3.05) is 18.4 Å². The molecular weight excluding hydrogens is 404 g/mol. The molecule has 1 amide bonds. The zero-order valence-corrected chi connectivity index (χ0v) is 19.3. The number of nitrogens with zero attached hydrogens (tertiary/aromatic N) is 3. The number of carbonyl (C=O) groups excluding carboxylic acids is 1. The van der Waals surface area contributed by atoms with Gasteiger partial charge < -0.3 is 20.4 Å². The van der Waals surface area contributed by atoms with Crippen molar-refractivity contribution < 1.29 is 15.0 Å². The number of aliphatic hydroxyl groups excluding tert-OH is 1. The molecule has 0 radical (unpaired) electrons. The third kappa shape index (κ3) is 4.44. The topological polar surface area (TPSA) is 98.6 Å². The van der Waals surface area contributed by atoms with Crippen LogP contribution >= 0.6 is 0 Å². The molecule has 4 atom stereocenters. The van der Waals surface area contributed by atoms with E-state index in [1.54, 1.807) is 18.6 Å². The van der Waals surface area contributed by atoms with E-state index >= 15 is 0 Å². The van der Waals surface area contributed by atoms with Crippen molar-refractivity contribution in [2.24, 2.45) is 11.8 Å². The lowest BCUT2D eigenvalue weighted by molar-refractivity contribution is 0.0726. The van der Waals surface area contributed by atoms with Gasteiger partial charge in [-0.05, 0) is 53.7 Å². The number of rotatable bonds is 5. The Morgan fingerprint density at radius 3 is 2.44 bits per heavy atom. The average molecular weight is 439 g/mol. The van der Waals surface area contributed by atoms with Gasteiger partial charge in [-0.2, -0.15) is 0 Å². The standard InChI is InChI=1S/C25H34N4O3/c1-14(2)16-7-19(15(3)4)24(31)20(8-16)25(32)29-12-17-9-21(22(30)10-18(17)13-29)28-23-11-26-5-6-27-23/h5-8,11,14-15,17-18,21-22,30-31H,9-10,12-13H2,1-4H3,(H,27,28)/t17-,18+,21-,22-/m1/s1. The number of benzene rings is 1. The van der Waals surface area contributed by atoms with Gasteiger partial charge in [-0.3, -0.25) is 9.78 Å². The molecule has 0 unspecified atom stereocenters. The number of carbonyl (C=O) groups is 1. The summed E-state index contributed by atoms with van der Waals surface area (Å²) >= 11 is 0. The van der Waals surface area contributed by atoms with Crippen molar-refractivity contribution in [3.8, 4) is 5.75 Å². The van der Waals surface area contributed by atoms with Gasteiger partial charge in [-0.1, -0.05) is 33.8 Å². The van der Waals surface area contributed by atoms with Gasteiger partial charge in [0.05, 0.1) is 23.9 Å². The van der Waals surface area contributed by atoms with Crippen LogP contribution in [0.1, 0.15) is 73.9 Å². The van der Waals surface area contributed by atoms with Crippen LogP contribution in [-0.2, 0) is 0 Å². The van der Waals surface area contributed by atoms with Gasteiger partial charge in [0.25, 0.3) is 5.91 Å². The highest BCUT2D eigenvalue weighted by atomic mass is 16.3. The molecule has 3 N–H and O–H groups in total. The molecule has 1 aromatic carbocycles. The van der Waals surface area contributed by atoms with Crippen LogP contribution in [0.15, 0.2) is 30.7 Å². The van der Waals surface area contributed by atoms with E-state index in [4.69, 9.17) is 0 Å². The third-order valence-electron chi connectivity index (χ3n) is 7.01. The molecule has 2 fully saturated rings. The lowest BCUT2D eigenvalue weighted by Crippen LogP contribution is -2.43. The summed E-state index contributed by atoms with van der Waals surface area (Å²) in [7, 11) is 0. The Labute approximate surface area is 189 Å². The zero-order chi connectivity index (χ0) is 23.0. The van der Waals surface area contributed by atoms with E-state index in [0.29, 0.717) is 36.8 Å². The Hall–Kier alpha value is -2.67. The summed E-state index contributed by atoms with van der Waals surface area (Å²) in [5.41, 5.74) is 2.28. The predicted octanol–water partition coefficient (Wildman–Crippen LogP) is 3.75. The minimum atomic E-state index is -0.501. The van der Waals surface area contributed by atoms with E-state index in [1.165, 1.54) is 0 Å². The molecule has 2 aliphatic rings. The molecule has 1 saturated carbocycles. The van der Waals surface area contributed by atoms with E-state index in [-0.39, 0.29) is 35.5 Å². The molecule has 1 aliphatic heterocycles. The highest BCUT2D eigenvalue weighted by Crippen LogP contribution is 2.40. The maximum atomic E-state index is 13.5. The maximum absolute atomic E-state index is 13.5. The summed E-state index contributed by atoms with van der Waals surface area (Å²) in [6.07, 6.45) is 5.80. The van der Waals surface area contributed by atoms with Gasteiger partial charge in [-0.15, -0.1) is 0 Å². The fraction of sp³-hybridized carbons (Fsp3) is 0.560. The third-order valence-corrected chi connectivity index (χ3v) is 7.01. The van der Waals surface area contributed by atoms with Gasteiger partial charge in [0.2, 0.25) is 0 Å². The van der Waals surface area contributed by atoms with Crippen LogP contribution in [0.4, 0.5) is 5.82 Å². The van der Waals surface area contributed by atoms with Crippen molar-refractivity contribution in [1.29, 1.82) is 0 Å². The number of likely N-dealkylation sites (tertiary alicyclic amines) is 1. The number of hydrogen-bond donors (Lipinski definition) is 3. The van der Waals surface area contributed by atoms with Crippen molar-refractivity contribution in [3.05, 3.63) is 47.4 Å². The smallest absolute Gasteiger partial charge is 0.257 e. The van der Waals surface area contributed by atoms with Crippen LogP contribution < -0.4 is 5.32 Å². The predicted molar refractivity (Wildman–Crippen MR) is 124 cm³/mol. The number of amides is 1. The van der Waals surface area contributed by atoms with Gasteiger partial charge >= 0.3 is 0 Å². The van der Waals surface area contributed by atoms with Crippen molar-refractivity contribution in [1.82, 2.24) is 14.9 Å². The normalized spacial score (nSPS) is 25.3. The van der Waals surface area contributed by atoms with Gasteiger partial charge in [-0.25, -0.2) is 4.98 Å². The molecule has 7 heteroatoms. The van der Waals surface area contributed by atoms with Gasteiger partial charge in [0, 0.05) is 25.5 Å². The molecule has 32 heavy (non-hydrogen) atoms. The number of aliphatic hydroxyl groups is 1. The monoisotopic (exact) mass is 438 g/mol. The highest BCUT2D eigenvalue weighted by Gasteiger charge is 2.43. The molecule has 0 spiro atoms. The van der Waals surface area contributed by atoms with E-state index in [2.05, 4.69) is 29.1 Å². The maximum Gasteiger partial charge on any atom is 0.257 e. The first-order valence-electron chi connectivity index (χ1n) is 11.6. The van der Waals surface area contributed by atoms with E-state index in [1.807, 2.05) is 30.9 Å². The second-order valence-electron chi connectivity index (χ2n) is 9.93. The van der Waals surface area contributed by atoms with Crippen LogP contribution in [0.2, 0.25) is 0 Å². The van der Waals surface area contributed by atoms with Crippen molar-refractivity contribution >= 4 is 11.7 Å². The molecule has 7 nitrogen and oxygen atoms in total. The number of nitrogens with one attached hydrogen (secondary N) is 1. The minimum absolute atomic E-state index is 0.103. The SMILES string of the molecule is CC(C)c1cc(C(=O)N2C[C@H]3C[C@@H](Nc4cnccn4)[C@H](O)C[C@H]3C2)c(O)c(C(C)C)c1. The summed E-state index contributed by atoms with van der Waals surface area (Å²) in [6.45, 7) is 9.51. The molecule has 1 aliphatic carbocycles. The van der Waals surface area contributed by atoms with Crippen LogP contribution in [-0.4, -0.2) is 56.2 Å². The van der Waals surface area contributed by atoms with E-state index < -0.39 is 6.10 Å². The first kappa shape index (κ1) is 22.5. The molecular formula is C25H34N4O3. The second kappa shape index (κ2) is 9.06. The van der Waals surface area contributed by atoms with Crippen LogP contribution in [0.3, 0.4) is 0 Å². The van der Waals surface area contributed by atoms with E-state index in [0.717, 1.165) is 17.5 Å². The van der Waals surface area contributed by atoms with Crippen molar-refractivity contribution in [3.63, 3.8) is 0 Å².